The molecule has 1 aliphatic heterocycles. The van der Waals surface area contributed by atoms with Gasteiger partial charge in [0, 0.05) is 37.9 Å². The Morgan fingerprint density at radius 3 is 2.45 bits per heavy atom. The van der Waals surface area contributed by atoms with Gasteiger partial charge in [-0.05, 0) is 51.5 Å². The summed E-state index contributed by atoms with van der Waals surface area (Å²) in [6.07, 6.45) is -0.349. The number of piperazine rings is 1. The van der Waals surface area contributed by atoms with E-state index < -0.39 is 17.6 Å². The van der Waals surface area contributed by atoms with E-state index in [9.17, 15) is 22.4 Å². The Morgan fingerprint density at radius 2 is 1.90 bits per heavy atom. The number of carbonyl (C=O) groups excluding carboxylic acids is 1. The Hall–Kier alpha value is -1.90. The predicted molar refractivity (Wildman–Crippen MR) is 98.8 cm³/mol. The topological polar surface area (TPSA) is 45.7 Å². The van der Waals surface area contributed by atoms with Crippen molar-refractivity contribution in [1.82, 2.24) is 14.8 Å². The zero-order valence-electron chi connectivity index (χ0n) is 16.7. The highest BCUT2D eigenvalue weighted by Crippen LogP contribution is 2.35. The van der Waals surface area contributed by atoms with Crippen LogP contribution in [0.2, 0.25) is 0 Å². The molecule has 0 N–H and O–H groups in total. The molecule has 2 aliphatic rings. The van der Waals surface area contributed by atoms with Gasteiger partial charge in [-0.25, -0.2) is 9.37 Å². The lowest BCUT2D eigenvalue weighted by molar-refractivity contribution is -0.138. The molecule has 0 radical (unpaired) electrons. The van der Waals surface area contributed by atoms with Gasteiger partial charge in [-0.2, -0.15) is 13.2 Å². The Balaban J connectivity index is 1.59. The summed E-state index contributed by atoms with van der Waals surface area (Å²) in [4.78, 5) is 19.0. The van der Waals surface area contributed by atoms with Crippen molar-refractivity contribution in [3.8, 4) is 5.88 Å². The van der Waals surface area contributed by atoms with Crippen molar-refractivity contribution in [2.24, 2.45) is 5.92 Å². The summed E-state index contributed by atoms with van der Waals surface area (Å²) in [7, 11) is 0. The van der Waals surface area contributed by atoms with Gasteiger partial charge in [0.1, 0.15) is 6.10 Å². The van der Waals surface area contributed by atoms with Crippen LogP contribution in [-0.4, -0.2) is 59.0 Å². The fourth-order valence-electron chi connectivity index (χ4n) is 4.42. The zero-order chi connectivity index (χ0) is 21.2. The molecular weight excluding hydrogens is 390 g/mol. The van der Waals surface area contributed by atoms with E-state index >= 15 is 0 Å². The fourth-order valence-corrected chi connectivity index (χ4v) is 4.42. The van der Waals surface area contributed by atoms with Crippen LogP contribution in [0.25, 0.3) is 0 Å². The van der Waals surface area contributed by atoms with Crippen LogP contribution < -0.4 is 4.74 Å². The van der Waals surface area contributed by atoms with Gasteiger partial charge in [-0.1, -0.05) is 0 Å². The molecule has 3 rings (SSSR count). The number of ether oxygens (including phenoxy) is 1. The predicted octanol–water partition coefficient (Wildman–Crippen LogP) is 3.73. The van der Waals surface area contributed by atoms with Crippen LogP contribution in [0.4, 0.5) is 17.6 Å². The maximum absolute atomic E-state index is 14.0. The number of hydrogen-bond acceptors (Lipinski definition) is 4. The van der Waals surface area contributed by atoms with Gasteiger partial charge in [-0.15, -0.1) is 0 Å². The van der Waals surface area contributed by atoms with Crippen LogP contribution >= 0.6 is 0 Å². The van der Waals surface area contributed by atoms with Crippen molar-refractivity contribution in [3.63, 3.8) is 0 Å². The molecule has 0 spiro atoms. The van der Waals surface area contributed by atoms with Crippen molar-refractivity contribution >= 4 is 6.41 Å². The van der Waals surface area contributed by atoms with Gasteiger partial charge in [0.25, 0.3) is 5.88 Å². The molecule has 162 valence electrons. The summed E-state index contributed by atoms with van der Waals surface area (Å²) in [5, 5.41) is 0. The van der Waals surface area contributed by atoms with Gasteiger partial charge in [0.2, 0.25) is 6.41 Å². The van der Waals surface area contributed by atoms with Crippen LogP contribution in [0.1, 0.15) is 45.1 Å². The van der Waals surface area contributed by atoms with E-state index in [4.69, 9.17) is 4.74 Å². The van der Waals surface area contributed by atoms with Crippen molar-refractivity contribution in [1.29, 1.82) is 0 Å². The molecule has 1 saturated carbocycles. The summed E-state index contributed by atoms with van der Waals surface area (Å²) in [6, 6.07) is 1.08. The van der Waals surface area contributed by atoms with Crippen molar-refractivity contribution < 1.29 is 27.1 Å². The molecule has 1 saturated heterocycles. The summed E-state index contributed by atoms with van der Waals surface area (Å²) in [6.45, 7) is 6.58. The molecule has 1 aliphatic carbocycles. The third-order valence-electron chi connectivity index (χ3n) is 5.98. The largest absolute Gasteiger partial charge is 0.472 e. The van der Waals surface area contributed by atoms with Crippen molar-refractivity contribution in [3.05, 3.63) is 23.6 Å². The second-order valence-electron chi connectivity index (χ2n) is 8.16. The van der Waals surface area contributed by atoms with E-state index in [1.165, 1.54) is 0 Å². The number of rotatable bonds is 5. The van der Waals surface area contributed by atoms with E-state index in [-0.39, 0.29) is 18.0 Å². The molecule has 2 heterocycles. The molecule has 5 nitrogen and oxygen atoms in total. The Morgan fingerprint density at radius 1 is 1.21 bits per heavy atom. The lowest BCUT2D eigenvalue weighted by Gasteiger charge is -2.47. The minimum atomic E-state index is -4.64. The van der Waals surface area contributed by atoms with Crippen molar-refractivity contribution in [2.75, 3.05) is 19.6 Å². The second kappa shape index (κ2) is 8.85. The Bertz CT molecular complexity index is 705. The number of alkyl halides is 3. The van der Waals surface area contributed by atoms with Crippen LogP contribution in [-0.2, 0) is 11.0 Å². The molecular formula is C20H27F4N3O2. The van der Waals surface area contributed by atoms with Crippen LogP contribution in [0.3, 0.4) is 0 Å². The van der Waals surface area contributed by atoms with Gasteiger partial charge in [-0.3, -0.25) is 9.69 Å². The minimum Gasteiger partial charge on any atom is -0.472 e. The first-order valence-electron chi connectivity index (χ1n) is 10.0. The number of pyridine rings is 1. The summed E-state index contributed by atoms with van der Waals surface area (Å²) < 4.78 is 57.5. The molecule has 29 heavy (non-hydrogen) atoms. The second-order valence-corrected chi connectivity index (χ2v) is 8.16. The smallest absolute Gasteiger partial charge is 0.417 e. The van der Waals surface area contributed by atoms with Gasteiger partial charge in [0.15, 0.2) is 5.82 Å². The lowest BCUT2D eigenvalue weighted by Crippen LogP contribution is -2.58. The van der Waals surface area contributed by atoms with Gasteiger partial charge in [0.05, 0.1) is 5.56 Å². The highest BCUT2D eigenvalue weighted by Gasteiger charge is 2.37. The Labute approximate surface area is 168 Å². The summed E-state index contributed by atoms with van der Waals surface area (Å²) in [5.74, 6) is -1.08. The number of hydrogen-bond donors (Lipinski definition) is 0. The number of amides is 1. The summed E-state index contributed by atoms with van der Waals surface area (Å²) >= 11 is 0. The first kappa shape index (κ1) is 21.8. The van der Waals surface area contributed by atoms with E-state index in [2.05, 4.69) is 23.7 Å². The highest BCUT2D eigenvalue weighted by atomic mass is 19.4. The molecule has 1 aromatic heterocycles. The van der Waals surface area contributed by atoms with Gasteiger partial charge < -0.3 is 9.64 Å². The van der Waals surface area contributed by atoms with Crippen LogP contribution in [0.5, 0.6) is 5.88 Å². The molecule has 9 heteroatoms. The molecule has 2 fully saturated rings. The number of aromatic nitrogens is 1. The average Bonchev–Trinajstić information content (AvgIpc) is 2.68. The van der Waals surface area contributed by atoms with E-state index in [0.717, 1.165) is 32.3 Å². The SMILES string of the molecule is CC(C)N1CCN(C=O)CC1C1CCC(Oc2ncc(C(F)(F)F)cc2F)CC1. The minimum absolute atomic E-state index is 0.274. The number of carbonyl (C=O) groups is 1. The first-order chi connectivity index (χ1) is 13.7. The third kappa shape index (κ3) is 5.18. The summed E-state index contributed by atoms with van der Waals surface area (Å²) in [5.41, 5.74) is -1.13. The molecule has 0 aromatic carbocycles. The van der Waals surface area contributed by atoms with E-state index in [1.54, 1.807) is 0 Å². The first-order valence-corrected chi connectivity index (χ1v) is 10.0. The fraction of sp³-hybridized carbons (Fsp3) is 0.700. The van der Waals surface area contributed by atoms with Crippen molar-refractivity contribution in [2.45, 2.75) is 63.9 Å². The highest BCUT2D eigenvalue weighted by molar-refractivity contribution is 5.47. The molecule has 1 amide bonds. The van der Waals surface area contributed by atoms with Crippen LogP contribution in [0.15, 0.2) is 12.3 Å². The Kier molecular flexibility index (Phi) is 6.65. The molecule has 1 atom stereocenters. The maximum Gasteiger partial charge on any atom is 0.417 e. The number of halogens is 4. The average molecular weight is 417 g/mol. The van der Waals surface area contributed by atoms with Crippen LogP contribution in [0, 0.1) is 11.7 Å². The zero-order valence-corrected chi connectivity index (χ0v) is 16.7. The lowest BCUT2D eigenvalue weighted by atomic mass is 9.80. The van der Waals surface area contributed by atoms with E-state index in [0.29, 0.717) is 43.6 Å². The normalized spacial score (nSPS) is 26.6. The van der Waals surface area contributed by atoms with E-state index in [1.807, 2.05) is 4.90 Å². The molecule has 0 bridgehead atoms. The quantitative estimate of drug-likeness (QED) is 0.541. The molecule has 1 unspecified atom stereocenters. The monoisotopic (exact) mass is 417 g/mol. The van der Waals surface area contributed by atoms with Gasteiger partial charge >= 0.3 is 6.18 Å². The number of nitrogens with zero attached hydrogens (tertiary/aromatic N) is 3. The molecule has 1 aromatic rings. The standard InChI is InChI=1S/C20H27F4N3O2/c1-13(2)27-8-7-26(12-28)11-18(27)14-3-5-16(6-4-14)29-19-17(21)9-15(10-25-19)20(22,23)24/h9-10,12-14,16,18H,3-8,11H2,1-2H3. The maximum atomic E-state index is 14.0. The third-order valence-corrected chi connectivity index (χ3v) is 5.98.